The minimum absolute atomic E-state index is 0.0436. The molecule has 0 spiro atoms. The summed E-state index contributed by atoms with van der Waals surface area (Å²) in [6.07, 6.45) is 0. The number of hydrogen-bond acceptors (Lipinski definition) is 5. The Bertz CT molecular complexity index is 1100. The van der Waals surface area contributed by atoms with Crippen molar-refractivity contribution in [3.8, 4) is 34.4 Å². The second-order valence-corrected chi connectivity index (χ2v) is 8.32. The fourth-order valence-corrected chi connectivity index (χ4v) is 3.11. The summed E-state index contributed by atoms with van der Waals surface area (Å²) in [6.45, 7) is 8.31. The van der Waals surface area contributed by atoms with E-state index in [9.17, 15) is 4.79 Å². The van der Waals surface area contributed by atoms with E-state index >= 15 is 0 Å². The van der Waals surface area contributed by atoms with Crippen molar-refractivity contribution in [2.24, 2.45) is 0 Å². The van der Waals surface area contributed by atoms with Gasteiger partial charge in [-0.1, -0.05) is 51.1 Å². The van der Waals surface area contributed by atoms with E-state index in [4.69, 9.17) is 19.5 Å². The summed E-state index contributed by atoms with van der Waals surface area (Å²) in [4.78, 5) is 11.8. The molecule has 0 amide bonds. The Kier molecular flexibility index (Phi) is 7.17. The third kappa shape index (κ3) is 5.89. The highest BCUT2D eigenvalue weighted by molar-refractivity contribution is 5.72. The van der Waals surface area contributed by atoms with Crippen molar-refractivity contribution in [2.45, 2.75) is 33.1 Å². The summed E-state index contributed by atoms with van der Waals surface area (Å²) in [7, 11) is 0. The number of nitriles is 1. The van der Waals surface area contributed by atoms with Crippen molar-refractivity contribution < 1.29 is 19.0 Å². The monoisotopic (exact) mass is 429 g/mol. The summed E-state index contributed by atoms with van der Waals surface area (Å²) in [5, 5.41) is 9.03. The second-order valence-electron chi connectivity index (χ2n) is 8.32. The third-order valence-electron chi connectivity index (χ3n) is 4.89. The smallest absolute Gasteiger partial charge is 0.344 e. The molecule has 0 fully saturated rings. The quantitative estimate of drug-likeness (QED) is 0.415. The van der Waals surface area contributed by atoms with E-state index in [0.717, 1.165) is 11.1 Å². The maximum atomic E-state index is 11.8. The zero-order valence-electron chi connectivity index (χ0n) is 18.8. The Hall–Kier alpha value is -3.78. The van der Waals surface area contributed by atoms with E-state index in [0.29, 0.717) is 29.4 Å². The molecule has 3 rings (SSSR count). The molecular weight excluding hydrogens is 402 g/mol. The van der Waals surface area contributed by atoms with E-state index in [1.807, 2.05) is 48.5 Å². The van der Waals surface area contributed by atoms with Gasteiger partial charge in [0.1, 0.15) is 5.75 Å². The predicted octanol–water partition coefficient (Wildman–Crippen LogP) is 6.26. The highest BCUT2D eigenvalue weighted by atomic mass is 16.6. The molecule has 0 saturated carbocycles. The van der Waals surface area contributed by atoms with Gasteiger partial charge in [-0.25, -0.2) is 4.79 Å². The Labute approximate surface area is 189 Å². The van der Waals surface area contributed by atoms with Crippen molar-refractivity contribution in [1.82, 2.24) is 0 Å². The first-order chi connectivity index (χ1) is 15.3. The van der Waals surface area contributed by atoms with Gasteiger partial charge in [-0.05, 0) is 65.4 Å². The number of carbonyl (C=O) groups excluding carboxylic acids is 1. The van der Waals surface area contributed by atoms with Crippen LogP contribution in [0.1, 0.15) is 38.8 Å². The molecule has 0 bridgehead atoms. The minimum Gasteiger partial charge on any atom is -0.478 e. The standard InChI is InChI=1S/C27H27NO4/c1-5-30-26(29)18-31-24-15-10-21(20-8-6-19(17-28)7-9-20)16-25(24)32-23-13-11-22(12-14-23)27(2,3)4/h6-16H,5,18H2,1-4H3. The molecule has 0 atom stereocenters. The summed E-state index contributed by atoms with van der Waals surface area (Å²) in [6, 6.07) is 22.9. The summed E-state index contributed by atoms with van der Waals surface area (Å²) < 4.78 is 16.8. The fourth-order valence-electron chi connectivity index (χ4n) is 3.11. The van der Waals surface area contributed by atoms with E-state index in [1.165, 1.54) is 5.56 Å². The lowest BCUT2D eigenvalue weighted by Gasteiger charge is -2.19. The largest absolute Gasteiger partial charge is 0.478 e. The summed E-state index contributed by atoms with van der Waals surface area (Å²) >= 11 is 0. The van der Waals surface area contributed by atoms with Crippen molar-refractivity contribution in [2.75, 3.05) is 13.2 Å². The molecule has 5 heteroatoms. The minimum atomic E-state index is -0.441. The maximum absolute atomic E-state index is 11.8. The molecule has 5 nitrogen and oxygen atoms in total. The van der Waals surface area contributed by atoms with Crippen molar-refractivity contribution in [3.05, 3.63) is 77.9 Å². The number of esters is 1. The topological polar surface area (TPSA) is 68.5 Å². The van der Waals surface area contributed by atoms with Gasteiger partial charge in [-0.15, -0.1) is 0 Å². The SMILES string of the molecule is CCOC(=O)COc1ccc(-c2ccc(C#N)cc2)cc1Oc1ccc(C(C)(C)C)cc1. The Morgan fingerprint density at radius 2 is 1.56 bits per heavy atom. The van der Waals surface area contributed by atoms with Crippen LogP contribution in [0, 0.1) is 11.3 Å². The van der Waals surface area contributed by atoms with E-state index in [1.54, 1.807) is 25.1 Å². The predicted molar refractivity (Wildman–Crippen MR) is 124 cm³/mol. The van der Waals surface area contributed by atoms with Gasteiger partial charge >= 0.3 is 5.97 Å². The lowest BCUT2D eigenvalue weighted by Crippen LogP contribution is -2.14. The first-order valence-electron chi connectivity index (χ1n) is 10.5. The summed E-state index contributed by atoms with van der Waals surface area (Å²) in [5.74, 6) is 1.15. The third-order valence-corrected chi connectivity index (χ3v) is 4.89. The van der Waals surface area contributed by atoms with Crippen molar-refractivity contribution in [3.63, 3.8) is 0 Å². The molecule has 0 aliphatic rings. The number of carbonyl (C=O) groups is 1. The van der Waals surface area contributed by atoms with Crippen LogP contribution in [0.4, 0.5) is 0 Å². The van der Waals surface area contributed by atoms with Crippen LogP contribution in [0.25, 0.3) is 11.1 Å². The van der Waals surface area contributed by atoms with Gasteiger partial charge in [-0.2, -0.15) is 5.26 Å². The lowest BCUT2D eigenvalue weighted by atomic mass is 9.87. The Morgan fingerprint density at radius 1 is 0.906 bits per heavy atom. The molecule has 164 valence electrons. The van der Waals surface area contributed by atoms with Gasteiger partial charge in [0.05, 0.1) is 18.2 Å². The molecule has 0 heterocycles. The van der Waals surface area contributed by atoms with Crippen LogP contribution < -0.4 is 9.47 Å². The molecule has 0 radical (unpaired) electrons. The zero-order valence-corrected chi connectivity index (χ0v) is 18.8. The first-order valence-corrected chi connectivity index (χ1v) is 10.5. The second kappa shape index (κ2) is 10.0. The van der Waals surface area contributed by atoms with Crippen LogP contribution in [-0.2, 0) is 14.9 Å². The molecule has 32 heavy (non-hydrogen) atoms. The van der Waals surface area contributed by atoms with Gasteiger partial charge < -0.3 is 14.2 Å². The number of rotatable bonds is 7. The number of benzene rings is 3. The van der Waals surface area contributed by atoms with Gasteiger partial charge in [0.2, 0.25) is 0 Å². The summed E-state index contributed by atoms with van der Waals surface area (Å²) in [5.41, 5.74) is 3.68. The van der Waals surface area contributed by atoms with E-state index in [-0.39, 0.29) is 12.0 Å². The Morgan fingerprint density at radius 3 is 2.16 bits per heavy atom. The van der Waals surface area contributed by atoms with Gasteiger partial charge in [-0.3, -0.25) is 0 Å². The van der Waals surface area contributed by atoms with Crippen LogP contribution in [0.15, 0.2) is 66.7 Å². The lowest BCUT2D eigenvalue weighted by molar-refractivity contribution is -0.145. The van der Waals surface area contributed by atoms with Gasteiger partial charge in [0, 0.05) is 0 Å². The normalized spacial score (nSPS) is 10.8. The van der Waals surface area contributed by atoms with E-state index < -0.39 is 5.97 Å². The highest BCUT2D eigenvalue weighted by Gasteiger charge is 2.15. The molecule has 3 aromatic carbocycles. The van der Waals surface area contributed by atoms with Crippen LogP contribution in [-0.4, -0.2) is 19.2 Å². The molecule has 0 saturated heterocycles. The number of nitrogens with zero attached hydrogens (tertiary/aromatic N) is 1. The molecule has 0 unspecified atom stereocenters. The molecule has 0 aromatic heterocycles. The van der Waals surface area contributed by atoms with Crippen molar-refractivity contribution >= 4 is 5.97 Å². The maximum Gasteiger partial charge on any atom is 0.344 e. The van der Waals surface area contributed by atoms with Crippen LogP contribution in [0.2, 0.25) is 0 Å². The number of ether oxygens (including phenoxy) is 3. The van der Waals surface area contributed by atoms with Crippen LogP contribution in [0.5, 0.6) is 17.2 Å². The molecule has 0 aliphatic heterocycles. The zero-order chi connectivity index (χ0) is 23.1. The van der Waals surface area contributed by atoms with E-state index in [2.05, 4.69) is 26.8 Å². The molecular formula is C27H27NO4. The Balaban J connectivity index is 1.91. The van der Waals surface area contributed by atoms with Gasteiger partial charge in [0.15, 0.2) is 18.1 Å². The fraction of sp³-hybridized carbons (Fsp3) is 0.259. The van der Waals surface area contributed by atoms with Crippen LogP contribution in [0.3, 0.4) is 0 Å². The first kappa shape index (κ1) is 22.9. The number of hydrogen-bond donors (Lipinski definition) is 0. The molecule has 0 aliphatic carbocycles. The van der Waals surface area contributed by atoms with Crippen LogP contribution >= 0.6 is 0 Å². The molecule has 3 aromatic rings. The van der Waals surface area contributed by atoms with Gasteiger partial charge in [0.25, 0.3) is 0 Å². The molecule has 0 N–H and O–H groups in total. The highest BCUT2D eigenvalue weighted by Crippen LogP contribution is 2.36. The average molecular weight is 430 g/mol. The van der Waals surface area contributed by atoms with Crippen molar-refractivity contribution in [1.29, 1.82) is 5.26 Å². The average Bonchev–Trinajstić information content (AvgIpc) is 2.78.